The van der Waals surface area contributed by atoms with Crippen LogP contribution in [0.5, 0.6) is 0 Å². The van der Waals surface area contributed by atoms with Crippen molar-refractivity contribution in [3.63, 3.8) is 0 Å². The lowest BCUT2D eigenvalue weighted by atomic mass is 9.77. The van der Waals surface area contributed by atoms with Gasteiger partial charge in [0.15, 0.2) is 0 Å². The Kier molecular flexibility index (Phi) is 6.01. The lowest BCUT2D eigenvalue weighted by Crippen LogP contribution is -2.38. The minimum absolute atomic E-state index is 0.0811. The molecule has 5 heteroatoms. The van der Waals surface area contributed by atoms with Crippen molar-refractivity contribution in [3.05, 3.63) is 105 Å². The van der Waals surface area contributed by atoms with E-state index in [4.69, 9.17) is 16.3 Å². The van der Waals surface area contributed by atoms with Gasteiger partial charge in [-0.05, 0) is 53.3 Å². The monoisotopic (exact) mass is 484 g/mol. The van der Waals surface area contributed by atoms with Crippen LogP contribution in [0.2, 0.25) is 5.02 Å². The van der Waals surface area contributed by atoms with Crippen molar-refractivity contribution < 1.29 is 14.6 Å². The Morgan fingerprint density at radius 1 is 1.00 bits per heavy atom. The molecule has 0 amide bonds. The van der Waals surface area contributed by atoms with Gasteiger partial charge in [-0.2, -0.15) is 0 Å². The minimum atomic E-state index is -1.36. The zero-order valence-corrected chi connectivity index (χ0v) is 18.8. The van der Waals surface area contributed by atoms with Crippen molar-refractivity contribution in [1.82, 2.24) is 0 Å². The number of ether oxygens (including phenoxy) is 1. The van der Waals surface area contributed by atoms with E-state index in [1.165, 1.54) is 7.11 Å². The highest BCUT2D eigenvalue weighted by atomic mass is 79.9. The molecule has 3 aromatic rings. The van der Waals surface area contributed by atoms with E-state index in [2.05, 4.69) is 15.9 Å². The van der Waals surface area contributed by atoms with Gasteiger partial charge >= 0.3 is 5.97 Å². The molecular formula is C25H22BrClO3. The zero-order valence-electron chi connectivity index (χ0n) is 16.5. The molecule has 4 atom stereocenters. The molecule has 154 valence electrons. The van der Waals surface area contributed by atoms with Gasteiger partial charge in [-0.1, -0.05) is 82.1 Å². The lowest BCUT2D eigenvalue weighted by Gasteiger charge is -2.31. The van der Waals surface area contributed by atoms with E-state index < -0.39 is 17.5 Å². The maximum Gasteiger partial charge on any atom is 0.312 e. The summed E-state index contributed by atoms with van der Waals surface area (Å²) in [5.41, 5.74) is 1.38. The molecule has 1 N–H and O–H groups in total. The molecule has 0 aliphatic heterocycles. The fourth-order valence-electron chi connectivity index (χ4n) is 4.76. The standard InChI is InChI=1S/C25H22BrClO3/c1-30-24(28)23-22(17-5-3-2-4-6-17)21(16-7-13-20(27)14-8-16)15-25(23,29)18-9-11-19(26)12-10-18/h2-14,21-23,29H,15H2,1H3/t21-,22-,23-,25-/m1/s1. The first kappa shape index (κ1) is 21.1. The number of rotatable bonds is 4. The SMILES string of the molecule is COC(=O)[C@H]1[C@H](c2ccccc2)[C@@H](c2ccc(Cl)cc2)C[C@@]1(O)c1ccc(Br)cc1. The second-order valence-electron chi connectivity index (χ2n) is 7.73. The van der Waals surface area contributed by atoms with Crippen LogP contribution < -0.4 is 0 Å². The molecular weight excluding hydrogens is 464 g/mol. The fourth-order valence-corrected chi connectivity index (χ4v) is 5.15. The smallest absolute Gasteiger partial charge is 0.312 e. The van der Waals surface area contributed by atoms with Gasteiger partial charge in [-0.15, -0.1) is 0 Å². The number of halogens is 2. The number of aliphatic hydroxyl groups is 1. The highest BCUT2D eigenvalue weighted by Crippen LogP contribution is 2.58. The first-order valence-electron chi connectivity index (χ1n) is 9.80. The van der Waals surface area contributed by atoms with Crippen LogP contribution in [0.4, 0.5) is 0 Å². The Morgan fingerprint density at radius 2 is 1.63 bits per heavy atom. The zero-order chi connectivity index (χ0) is 21.3. The molecule has 3 aromatic carbocycles. The van der Waals surface area contributed by atoms with E-state index in [0.29, 0.717) is 17.0 Å². The van der Waals surface area contributed by atoms with Gasteiger partial charge in [0.25, 0.3) is 0 Å². The highest BCUT2D eigenvalue weighted by Gasteiger charge is 2.58. The first-order chi connectivity index (χ1) is 14.4. The molecule has 1 fully saturated rings. The highest BCUT2D eigenvalue weighted by molar-refractivity contribution is 9.10. The number of benzene rings is 3. The molecule has 3 nitrogen and oxygen atoms in total. The largest absolute Gasteiger partial charge is 0.469 e. The molecule has 30 heavy (non-hydrogen) atoms. The van der Waals surface area contributed by atoms with Crippen LogP contribution >= 0.6 is 27.5 Å². The van der Waals surface area contributed by atoms with Crippen LogP contribution in [-0.4, -0.2) is 18.2 Å². The van der Waals surface area contributed by atoms with Gasteiger partial charge in [-0.25, -0.2) is 0 Å². The van der Waals surface area contributed by atoms with Gasteiger partial charge in [0.05, 0.1) is 13.0 Å². The van der Waals surface area contributed by atoms with Gasteiger partial charge < -0.3 is 9.84 Å². The molecule has 1 aliphatic carbocycles. The first-order valence-corrected chi connectivity index (χ1v) is 11.0. The van der Waals surface area contributed by atoms with E-state index in [0.717, 1.165) is 15.6 Å². The second kappa shape index (κ2) is 8.54. The summed E-state index contributed by atoms with van der Waals surface area (Å²) in [5.74, 6) is -1.48. The predicted molar refractivity (Wildman–Crippen MR) is 122 cm³/mol. The van der Waals surface area contributed by atoms with Crippen molar-refractivity contribution in [2.45, 2.75) is 23.9 Å². The van der Waals surface area contributed by atoms with E-state index in [-0.39, 0.29) is 11.8 Å². The maximum absolute atomic E-state index is 13.1. The quantitative estimate of drug-likeness (QED) is 0.458. The predicted octanol–water partition coefficient (Wildman–Crippen LogP) is 6.05. The third-order valence-electron chi connectivity index (χ3n) is 6.12. The van der Waals surface area contributed by atoms with Crippen molar-refractivity contribution >= 4 is 33.5 Å². The van der Waals surface area contributed by atoms with E-state index in [1.807, 2.05) is 78.9 Å². The summed E-state index contributed by atoms with van der Waals surface area (Å²) in [6.45, 7) is 0. The summed E-state index contributed by atoms with van der Waals surface area (Å²) in [6, 6.07) is 25.0. The van der Waals surface area contributed by atoms with Gasteiger partial charge in [0.2, 0.25) is 0 Å². The Hall–Kier alpha value is -2.14. The number of hydrogen-bond acceptors (Lipinski definition) is 3. The van der Waals surface area contributed by atoms with Gasteiger partial charge in [0, 0.05) is 15.4 Å². The molecule has 0 radical (unpaired) electrons. The summed E-state index contributed by atoms with van der Waals surface area (Å²) in [4.78, 5) is 13.1. The number of esters is 1. The molecule has 0 heterocycles. The normalized spacial score (nSPS) is 25.8. The molecule has 4 rings (SSSR count). The fraction of sp³-hybridized carbons (Fsp3) is 0.240. The summed E-state index contributed by atoms with van der Waals surface area (Å²) in [7, 11) is 1.38. The Bertz CT molecular complexity index is 1020. The third kappa shape index (κ3) is 3.80. The van der Waals surface area contributed by atoms with E-state index >= 15 is 0 Å². The summed E-state index contributed by atoms with van der Waals surface area (Å²) in [5, 5.41) is 12.6. The summed E-state index contributed by atoms with van der Waals surface area (Å²) < 4.78 is 6.11. The summed E-state index contributed by atoms with van der Waals surface area (Å²) >= 11 is 9.56. The lowest BCUT2D eigenvalue weighted by molar-refractivity contribution is -0.155. The minimum Gasteiger partial charge on any atom is -0.469 e. The average molecular weight is 486 g/mol. The molecule has 0 aromatic heterocycles. The van der Waals surface area contributed by atoms with Crippen molar-refractivity contribution in [3.8, 4) is 0 Å². The topological polar surface area (TPSA) is 46.5 Å². The van der Waals surface area contributed by atoms with Crippen LogP contribution in [0, 0.1) is 5.92 Å². The Balaban J connectivity index is 1.90. The number of carbonyl (C=O) groups is 1. The van der Waals surface area contributed by atoms with Gasteiger partial charge in [-0.3, -0.25) is 4.79 Å². The molecule has 0 unspecified atom stereocenters. The van der Waals surface area contributed by atoms with Crippen LogP contribution in [0.1, 0.15) is 34.9 Å². The van der Waals surface area contributed by atoms with Crippen LogP contribution in [0.15, 0.2) is 83.3 Å². The van der Waals surface area contributed by atoms with E-state index in [1.54, 1.807) is 0 Å². The third-order valence-corrected chi connectivity index (χ3v) is 6.90. The average Bonchev–Trinajstić information content (AvgIpc) is 3.09. The Morgan fingerprint density at radius 3 is 2.23 bits per heavy atom. The molecule has 1 saturated carbocycles. The van der Waals surface area contributed by atoms with Crippen LogP contribution in [0.25, 0.3) is 0 Å². The molecule has 0 saturated heterocycles. The Labute approximate surface area is 189 Å². The van der Waals surface area contributed by atoms with Gasteiger partial charge in [0.1, 0.15) is 5.60 Å². The second-order valence-corrected chi connectivity index (χ2v) is 9.08. The van der Waals surface area contributed by atoms with E-state index in [9.17, 15) is 9.90 Å². The van der Waals surface area contributed by atoms with Crippen molar-refractivity contribution in [2.75, 3.05) is 7.11 Å². The molecule has 0 bridgehead atoms. The maximum atomic E-state index is 13.1. The van der Waals surface area contributed by atoms with Crippen molar-refractivity contribution in [2.24, 2.45) is 5.92 Å². The number of carbonyl (C=O) groups excluding carboxylic acids is 1. The number of methoxy groups -OCH3 is 1. The van der Waals surface area contributed by atoms with Crippen molar-refractivity contribution in [1.29, 1.82) is 0 Å². The van der Waals surface area contributed by atoms with Crippen LogP contribution in [0.3, 0.4) is 0 Å². The molecule has 0 spiro atoms. The molecule has 1 aliphatic rings. The van der Waals surface area contributed by atoms with Crippen LogP contribution in [-0.2, 0) is 15.1 Å². The summed E-state index contributed by atoms with van der Waals surface area (Å²) in [6.07, 6.45) is 0.398. The number of hydrogen-bond donors (Lipinski definition) is 1.